The number of urea groups is 1. The number of aromatic nitrogens is 2. The first-order chi connectivity index (χ1) is 16.3. The van der Waals surface area contributed by atoms with E-state index in [0.29, 0.717) is 11.1 Å². The molecule has 1 spiro atoms. The summed E-state index contributed by atoms with van der Waals surface area (Å²) in [6.07, 6.45) is 0. The van der Waals surface area contributed by atoms with Crippen molar-refractivity contribution in [2.45, 2.75) is 12.0 Å². The van der Waals surface area contributed by atoms with E-state index in [1.165, 1.54) is 14.1 Å². The van der Waals surface area contributed by atoms with Crippen LogP contribution in [0, 0.1) is 5.41 Å². The largest absolute Gasteiger partial charge is 0.369 e. The van der Waals surface area contributed by atoms with Gasteiger partial charge in [-0.3, -0.25) is 29.2 Å². The lowest BCUT2D eigenvalue weighted by atomic mass is 9.59. The molecule has 1 aromatic heterocycles. The number of nitrogens with zero attached hydrogens (tertiary/aromatic N) is 3. The molecule has 0 aliphatic carbocycles. The van der Waals surface area contributed by atoms with Crippen molar-refractivity contribution in [1.82, 2.24) is 19.8 Å². The van der Waals surface area contributed by atoms with Crippen molar-refractivity contribution < 1.29 is 14.4 Å². The van der Waals surface area contributed by atoms with E-state index in [0.717, 1.165) is 9.80 Å². The van der Waals surface area contributed by atoms with Crippen LogP contribution in [0.2, 0.25) is 0 Å². The van der Waals surface area contributed by atoms with Crippen molar-refractivity contribution in [3.8, 4) is 0 Å². The molecule has 2 aromatic carbocycles. The highest BCUT2D eigenvalue weighted by Gasteiger charge is 2.67. The number of imide groups is 2. The molecule has 2 aliphatic heterocycles. The number of fused-ring (bicyclic) bond motifs is 1. The van der Waals surface area contributed by atoms with Crippen molar-refractivity contribution in [3.63, 3.8) is 0 Å². The molecule has 3 heterocycles. The summed E-state index contributed by atoms with van der Waals surface area (Å²) >= 11 is 0. The lowest BCUT2D eigenvalue weighted by molar-refractivity contribution is -0.160. The Morgan fingerprint density at radius 2 is 1.38 bits per heavy atom. The summed E-state index contributed by atoms with van der Waals surface area (Å²) in [5, 5.41) is 3.15. The molecule has 0 bridgehead atoms. The molecule has 2 atom stereocenters. The molecule has 0 radical (unpaired) electrons. The van der Waals surface area contributed by atoms with Gasteiger partial charge in [0.15, 0.2) is 5.41 Å². The first kappa shape index (κ1) is 21.4. The molecule has 1 saturated heterocycles. The molecule has 2 aliphatic rings. The summed E-state index contributed by atoms with van der Waals surface area (Å²) in [6.45, 7) is 0. The van der Waals surface area contributed by atoms with E-state index >= 15 is 0 Å². The average molecular weight is 458 g/mol. The molecule has 5 rings (SSSR count). The maximum Gasteiger partial charge on any atom is 0.332 e. The van der Waals surface area contributed by atoms with Crippen molar-refractivity contribution in [3.05, 3.63) is 87.7 Å². The lowest BCUT2D eigenvalue weighted by Gasteiger charge is -2.52. The van der Waals surface area contributed by atoms with Crippen LogP contribution in [0.3, 0.4) is 0 Å². The average Bonchev–Trinajstić information content (AvgIpc) is 2.85. The van der Waals surface area contributed by atoms with Gasteiger partial charge >= 0.3 is 6.03 Å². The Bertz CT molecular complexity index is 1350. The van der Waals surface area contributed by atoms with Crippen LogP contribution in [0.1, 0.15) is 28.7 Å². The Hall–Kier alpha value is -4.47. The van der Waals surface area contributed by atoms with Gasteiger partial charge in [-0.05, 0) is 11.1 Å². The number of benzene rings is 2. The number of barbiturate groups is 1. The van der Waals surface area contributed by atoms with Crippen molar-refractivity contribution >= 4 is 29.6 Å². The fourth-order valence-corrected chi connectivity index (χ4v) is 5.13. The second-order valence-electron chi connectivity index (χ2n) is 8.43. The summed E-state index contributed by atoms with van der Waals surface area (Å²) in [5.41, 5.74) is 4.65. The third kappa shape index (κ3) is 2.78. The summed E-state index contributed by atoms with van der Waals surface area (Å²) in [5.74, 6) is -2.39. The first-order valence-corrected chi connectivity index (χ1v) is 10.6. The number of amides is 4. The monoisotopic (exact) mass is 458 g/mol. The molecule has 3 aromatic rings. The van der Waals surface area contributed by atoms with E-state index < -0.39 is 40.8 Å². The molecule has 4 N–H and O–H groups in total. The van der Waals surface area contributed by atoms with Crippen molar-refractivity contribution in [1.29, 1.82) is 0 Å². The van der Waals surface area contributed by atoms with E-state index in [1.54, 1.807) is 54.6 Å². The number of nitrogen functional groups attached to an aromatic ring is 1. The van der Waals surface area contributed by atoms with Gasteiger partial charge in [-0.25, -0.2) is 4.79 Å². The maximum atomic E-state index is 14.1. The zero-order valence-electron chi connectivity index (χ0n) is 18.5. The van der Waals surface area contributed by atoms with Gasteiger partial charge in [0.2, 0.25) is 17.8 Å². The van der Waals surface area contributed by atoms with Gasteiger partial charge < -0.3 is 11.1 Å². The minimum Gasteiger partial charge on any atom is -0.369 e. The Labute approximate surface area is 194 Å². The fourth-order valence-electron chi connectivity index (χ4n) is 5.13. The number of carbonyl (C=O) groups is 3. The number of carbonyl (C=O) groups excluding carboxylic acids is 3. The number of rotatable bonds is 2. The highest BCUT2D eigenvalue weighted by molar-refractivity contribution is 6.20. The zero-order chi connectivity index (χ0) is 24.2. The highest BCUT2D eigenvalue weighted by atomic mass is 16.2. The number of H-pyrrole nitrogens is 1. The number of nitrogens with one attached hydrogen (secondary N) is 2. The number of nitrogens with two attached hydrogens (primary N) is 1. The molecule has 0 saturated carbocycles. The lowest BCUT2D eigenvalue weighted by Crippen LogP contribution is -2.69. The summed E-state index contributed by atoms with van der Waals surface area (Å²) in [4.78, 5) is 62.8. The van der Waals surface area contributed by atoms with E-state index in [9.17, 15) is 19.2 Å². The maximum absolute atomic E-state index is 14.1. The number of hydrogen-bond acceptors (Lipinski definition) is 7. The van der Waals surface area contributed by atoms with Crippen molar-refractivity contribution in [2.24, 2.45) is 5.41 Å². The predicted octanol–water partition coefficient (Wildman–Crippen LogP) is 1.69. The Morgan fingerprint density at radius 3 is 1.94 bits per heavy atom. The van der Waals surface area contributed by atoms with Crippen LogP contribution in [0.15, 0.2) is 65.5 Å². The normalized spacial score (nSPS) is 21.4. The standard InChI is InChI=1S/C24H22N6O4/c1-29-20(32)24(21(33)30(2)23(29)34)16(13-9-5-3-6-10-13)15-18(27-22(25)28-19(15)31)26-17(24)14-11-7-4-8-12-14/h3-12,16-17H,1-2H3,(H4,25,26,27,28,31)/t16-,17-/m1/s1. The van der Waals surface area contributed by atoms with Gasteiger partial charge in [0, 0.05) is 20.0 Å². The number of anilines is 2. The van der Waals surface area contributed by atoms with Gasteiger partial charge in [0.05, 0.1) is 11.6 Å². The number of hydrogen-bond donors (Lipinski definition) is 3. The van der Waals surface area contributed by atoms with Crippen LogP contribution >= 0.6 is 0 Å². The Balaban J connectivity index is 1.93. The smallest absolute Gasteiger partial charge is 0.332 e. The van der Waals surface area contributed by atoms with Crippen LogP contribution in [0.4, 0.5) is 16.6 Å². The Kier molecular flexibility index (Phi) is 4.75. The van der Waals surface area contributed by atoms with Crippen LogP contribution in [-0.4, -0.2) is 51.7 Å². The zero-order valence-corrected chi connectivity index (χ0v) is 18.5. The predicted molar refractivity (Wildman–Crippen MR) is 124 cm³/mol. The second kappa shape index (κ2) is 7.55. The van der Waals surface area contributed by atoms with Gasteiger partial charge in [-0.2, -0.15) is 4.98 Å². The minimum absolute atomic E-state index is 0.100. The molecule has 10 nitrogen and oxygen atoms in total. The third-order valence-corrected chi connectivity index (χ3v) is 6.61. The second-order valence-corrected chi connectivity index (χ2v) is 8.43. The van der Waals surface area contributed by atoms with Gasteiger partial charge in [-0.1, -0.05) is 60.7 Å². The summed E-state index contributed by atoms with van der Waals surface area (Å²) in [6, 6.07) is 16.1. The number of aromatic amines is 1. The van der Waals surface area contributed by atoms with Gasteiger partial charge in [0.1, 0.15) is 5.82 Å². The highest BCUT2D eigenvalue weighted by Crippen LogP contribution is 2.57. The van der Waals surface area contributed by atoms with E-state index in [1.807, 2.05) is 6.07 Å². The molecular formula is C24H22N6O4. The van der Waals surface area contributed by atoms with Crippen molar-refractivity contribution in [2.75, 3.05) is 25.1 Å². The SMILES string of the molecule is CN1C(=O)N(C)C(=O)C2(C1=O)[C@H](c1ccccc1)c1c(nc(N)[nH]c1=O)N[C@@H]2c1ccccc1. The fraction of sp³-hybridized carbons (Fsp3) is 0.208. The molecule has 4 amide bonds. The summed E-state index contributed by atoms with van der Waals surface area (Å²) in [7, 11) is 2.67. The summed E-state index contributed by atoms with van der Waals surface area (Å²) < 4.78 is 0. The quantitative estimate of drug-likeness (QED) is 0.496. The third-order valence-electron chi connectivity index (χ3n) is 6.61. The van der Waals surface area contributed by atoms with Crippen LogP contribution in [0.5, 0.6) is 0 Å². The molecular weight excluding hydrogens is 436 g/mol. The Morgan fingerprint density at radius 1 is 0.853 bits per heavy atom. The first-order valence-electron chi connectivity index (χ1n) is 10.6. The topological polar surface area (TPSA) is 141 Å². The van der Waals surface area contributed by atoms with Gasteiger partial charge in [-0.15, -0.1) is 0 Å². The molecule has 10 heteroatoms. The van der Waals surface area contributed by atoms with E-state index in [-0.39, 0.29) is 17.3 Å². The van der Waals surface area contributed by atoms with Crippen LogP contribution < -0.4 is 16.6 Å². The van der Waals surface area contributed by atoms with Gasteiger partial charge in [0.25, 0.3) is 5.56 Å². The molecule has 34 heavy (non-hydrogen) atoms. The molecule has 0 unspecified atom stereocenters. The van der Waals surface area contributed by atoms with Crippen LogP contribution in [-0.2, 0) is 9.59 Å². The molecule has 1 fully saturated rings. The van der Waals surface area contributed by atoms with E-state index in [2.05, 4.69) is 15.3 Å². The van der Waals surface area contributed by atoms with E-state index in [4.69, 9.17) is 5.73 Å². The molecule has 172 valence electrons. The minimum atomic E-state index is -1.89. The van der Waals surface area contributed by atoms with Crippen LogP contribution in [0.25, 0.3) is 0 Å².